The van der Waals surface area contributed by atoms with E-state index in [9.17, 15) is 9.59 Å². The van der Waals surface area contributed by atoms with Gasteiger partial charge in [-0.2, -0.15) is 17.6 Å². The van der Waals surface area contributed by atoms with Crippen molar-refractivity contribution in [2.75, 3.05) is 0 Å². The Kier molecular flexibility index (Phi) is 5.67. The lowest BCUT2D eigenvalue weighted by molar-refractivity contribution is -0.277. The van der Waals surface area contributed by atoms with Gasteiger partial charge in [0.1, 0.15) is 11.2 Å². The van der Waals surface area contributed by atoms with Crippen LogP contribution in [0.3, 0.4) is 0 Å². The number of alkyl halides is 4. The van der Waals surface area contributed by atoms with Gasteiger partial charge < -0.3 is 9.47 Å². The molecule has 8 heteroatoms. The summed E-state index contributed by atoms with van der Waals surface area (Å²) in [6, 6.07) is 0. The summed E-state index contributed by atoms with van der Waals surface area (Å²) in [7, 11) is 0. The minimum absolute atomic E-state index is 0.107. The van der Waals surface area contributed by atoms with Gasteiger partial charge in [-0.25, -0.2) is 9.59 Å². The third kappa shape index (κ3) is 3.38. The quantitative estimate of drug-likeness (QED) is 0.286. The number of rotatable bonds is 6. The predicted molar refractivity (Wildman–Crippen MR) is 127 cm³/mol. The molecule has 0 radical (unpaired) electrons. The van der Waals surface area contributed by atoms with E-state index in [1.54, 1.807) is 13.8 Å². The molecule has 0 spiro atoms. The molecule has 8 saturated carbocycles. The maximum absolute atomic E-state index is 15.3. The fourth-order valence-corrected chi connectivity index (χ4v) is 10.6. The summed E-state index contributed by atoms with van der Waals surface area (Å²) in [5.41, 5.74) is -2.41. The molecule has 4 nitrogen and oxygen atoms in total. The Hall–Kier alpha value is -1.34. The van der Waals surface area contributed by atoms with Gasteiger partial charge in [-0.1, -0.05) is 20.8 Å². The van der Waals surface area contributed by atoms with Crippen LogP contribution in [0.15, 0.2) is 0 Å². The Morgan fingerprint density at radius 1 is 0.730 bits per heavy atom. The first-order valence-corrected chi connectivity index (χ1v) is 14.5. The van der Waals surface area contributed by atoms with Crippen LogP contribution in [0.5, 0.6) is 0 Å². The highest BCUT2D eigenvalue weighted by atomic mass is 19.3. The maximum atomic E-state index is 15.3. The average Bonchev–Trinajstić information content (AvgIpc) is 2.84. The van der Waals surface area contributed by atoms with Gasteiger partial charge >= 0.3 is 23.8 Å². The summed E-state index contributed by atoms with van der Waals surface area (Å²) in [5.74, 6) is -13.5. The Labute approximate surface area is 216 Å². The lowest BCUT2D eigenvalue weighted by Gasteiger charge is -2.63. The summed E-state index contributed by atoms with van der Waals surface area (Å²) in [6.07, 6.45) is 7.06. The molecule has 208 valence electrons. The third-order valence-corrected chi connectivity index (χ3v) is 12.5. The van der Waals surface area contributed by atoms with Crippen LogP contribution >= 0.6 is 0 Å². The van der Waals surface area contributed by atoms with Crippen molar-refractivity contribution >= 4 is 11.9 Å². The SMILES string of the molecule is CCC1(OC(=O)C(F)(F)C(F)(F)C(=O)OC2(C)C3CC4CC(C3)C(C)C2C4)C2CC3CC(C2)C(C)C1C3. The van der Waals surface area contributed by atoms with Gasteiger partial charge in [0, 0.05) is 11.8 Å². The van der Waals surface area contributed by atoms with Crippen LogP contribution in [-0.4, -0.2) is 35.0 Å². The minimum atomic E-state index is -5.31. The molecule has 0 aromatic carbocycles. The molecule has 0 heterocycles. The van der Waals surface area contributed by atoms with E-state index in [0.29, 0.717) is 30.1 Å². The summed E-state index contributed by atoms with van der Waals surface area (Å²) < 4.78 is 71.8. The highest BCUT2D eigenvalue weighted by molar-refractivity contribution is 5.90. The zero-order valence-corrected chi connectivity index (χ0v) is 22.3. The molecule has 0 aromatic rings. The maximum Gasteiger partial charge on any atom is 0.415 e. The van der Waals surface area contributed by atoms with Crippen LogP contribution in [0.4, 0.5) is 17.6 Å². The number of hydrogen-bond acceptors (Lipinski definition) is 4. The Morgan fingerprint density at radius 3 is 1.81 bits per heavy atom. The number of esters is 2. The van der Waals surface area contributed by atoms with Gasteiger partial charge in [0.05, 0.1) is 0 Å². The molecule has 8 fully saturated rings. The molecule has 37 heavy (non-hydrogen) atoms. The molecule has 0 aromatic heterocycles. The van der Waals surface area contributed by atoms with E-state index in [1.807, 2.05) is 6.92 Å². The topological polar surface area (TPSA) is 52.6 Å². The first-order valence-electron chi connectivity index (χ1n) is 14.5. The van der Waals surface area contributed by atoms with Crippen LogP contribution in [-0.2, 0) is 19.1 Å². The van der Waals surface area contributed by atoms with Crippen molar-refractivity contribution in [2.24, 2.45) is 59.2 Å². The number of carbonyl (C=O) groups is 2. The molecular weight excluding hydrogens is 488 g/mol. The molecule has 0 N–H and O–H groups in total. The molecule has 8 bridgehead atoms. The van der Waals surface area contributed by atoms with Gasteiger partial charge in [-0.3, -0.25) is 0 Å². The van der Waals surface area contributed by atoms with Crippen LogP contribution in [0, 0.1) is 59.2 Å². The molecule has 0 amide bonds. The lowest BCUT2D eigenvalue weighted by Crippen LogP contribution is -2.66. The van der Waals surface area contributed by atoms with Crippen molar-refractivity contribution < 1.29 is 36.6 Å². The van der Waals surface area contributed by atoms with E-state index in [0.717, 1.165) is 51.4 Å². The van der Waals surface area contributed by atoms with Crippen molar-refractivity contribution in [3.8, 4) is 0 Å². The number of hydrogen-bond donors (Lipinski definition) is 0. The summed E-state index contributed by atoms with van der Waals surface area (Å²) in [4.78, 5) is 25.7. The fraction of sp³-hybridized carbons (Fsp3) is 0.931. The Bertz CT molecular complexity index is 985. The highest BCUT2D eigenvalue weighted by Gasteiger charge is 2.73. The third-order valence-electron chi connectivity index (χ3n) is 12.5. The van der Waals surface area contributed by atoms with Crippen molar-refractivity contribution in [1.29, 1.82) is 0 Å². The Balaban J connectivity index is 1.21. The number of halogens is 4. The molecule has 12 unspecified atom stereocenters. The van der Waals surface area contributed by atoms with Gasteiger partial charge in [0.15, 0.2) is 0 Å². The molecular formula is C29H40F4O4. The first kappa shape index (κ1) is 25.9. The molecule has 0 aliphatic heterocycles. The second-order valence-electron chi connectivity index (χ2n) is 13.9. The van der Waals surface area contributed by atoms with E-state index in [4.69, 9.17) is 9.47 Å². The van der Waals surface area contributed by atoms with Gasteiger partial charge in [-0.15, -0.1) is 0 Å². The van der Waals surface area contributed by atoms with Crippen molar-refractivity contribution in [2.45, 2.75) is 109 Å². The monoisotopic (exact) mass is 528 g/mol. The van der Waals surface area contributed by atoms with E-state index in [1.165, 1.54) is 0 Å². The van der Waals surface area contributed by atoms with Crippen LogP contribution in [0.25, 0.3) is 0 Å². The molecule has 8 aliphatic carbocycles. The zero-order chi connectivity index (χ0) is 26.7. The summed E-state index contributed by atoms with van der Waals surface area (Å²) in [5, 5.41) is 0. The smallest absolute Gasteiger partial charge is 0.415 e. The van der Waals surface area contributed by atoms with Crippen LogP contribution in [0.2, 0.25) is 0 Å². The van der Waals surface area contributed by atoms with E-state index >= 15 is 17.6 Å². The highest BCUT2D eigenvalue weighted by Crippen LogP contribution is 2.64. The van der Waals surface area contributed by atoms with Crippen LogP contribution < -0.4 is 0 Å². The lowest BCUT2D eigenvalue weighted by atomic mass is 9.46. The summed E-state index contributed by atoms with van der Waals surface area (Å²) in [6.45, 7) is 7.51. The molecule has 8 rings (SSSR count). The molecule has 12 atom stereocenters. The van der Waals surface area contributed by atoms with Crippen molar-refractivity contribution in [3.63, 3.8) is 0 Å². The van der Waals surface area contributed by atoms with Gasteiger partial charge in [0.25, 0.3) is 0 Å². The predicted octanol–water partition coefficient (Wildman–Crippen LogP) is 6.66. The fourth-order valence-electron chi connectivity index (χ4n) is 10.6. The standard InChI is InChI=1S/C29H40F4O4/c1-5-27(21-9-17-7-19(13-21)15(3)23(27)11-17)37-25(35)29(32,33)28(30,31)24(34)36-26(4)20-8-16-6-18(12-20)14(2)22(26)10-16/h14-23H,5-13H2,1-4H3. The minimum Gasteiger partial charge on any atom is -0.454 e. The largest absolute Gasteiger partial charge is 0.454 e. The van der Waals surface area contributed by atoms with E-state index < -0.39 is 35.0 Å². The number of carbonyl (C=O) groups excluding carboxylic acids is 2. The van der Waals surface area contributed by atoms with Crippen molar-refractivity contribution in [1.82, 2.24) is 0 Å². The first-order chi connectivity index (χ1) is 17.2. The number of ether oxygens (including phenoxy) is 2. The van der Waals surface area contributed by atoms with E-state index in [2.05, 4.69) is 6.92 Å². The second-order valence-corrected chi connectivity index (χ2v) is 13.9. The molecule has 0 saturated heterocycles. The van der Waals surface area contributed by atoms with E-state index in [-0.39, 0.29) is 35.5 Å². The summed E-state index contributed by atoms with van der Waals surface area (Å²) >= 11 is 0. The normalized spacial score (nSPS) is 49.8. The van der Waals surface area contributed by atoms with Gasteiger partial charge in [0.2, 0.25) is 0 Å². The Morgan fingerprint density at radius 2 is 1.22 bits per heavy atom. The van der Waals surface area contributed by atoms with Gasteiger partial charge in [-0.05, 0) is 112 Å². The average molecular weight is 529 g/mol. The second kappa shape index (κ2) is 8.09. The zero-order valence-electron chi connectivity index (χ0n) is 22.3. The molecule has 8 aliphatic rings. The van der Waals surface area contributed by atoms with Crippen LogP contribution in [0.1, 0.15) is 85.5 Å². The van der Waals surface area contributed by atoms with Crippen molar-refractivity contribution in [3.05, 3.63) is 0 Å².